The van der Waals surface area contributed by atoms with Gasteiger partial charge in [0.05, 0.1) is 0 Å². The molecule has 0 radical (unpaired) electrons. The Labute approximate surface area is 95.8 Å². The standard InChI is InChI=1S/C11H11F4NO/c12-8-5-9(16-3-1-2-4-16)7-10(6-8)17-11(13,14)15/h5-7H,1-4H2. The Morgan fingerprint density at radius 2 is 1.71 bits per heavy atom. The second-order valence-electron chi connectivity index (χ2n) is 3.89. The number of hydrogen-bond acceptors (Lipinski definition) is 2. The molecule has 0 amide bonds. The molecule has 0 atom stereocenters. The predicted molar refractivity (Wildman–Crippen MR) is 54.5 cm³/mol. The molecule has 1 aliphatic rings. The fourth-order valence-electron chi connectivity index (χ4n) is 1.90. The highest BCUT2D eigenvalue weighted by atomic mass is 19.4. The molecule has 1 saturated heterocycles. The highest BCUT2D eigenvalue weighted by Gasteiger charge is 2.31. The van der Waals surface area contributed by atoms with E-state index < -0.39 is 17.9 Å². The fraction of sp³-hybridized carbons (Fsp3) is 0.455. The van der Waals surface area contributed by atoms with Crippen LogP contribution in [0.1, 0.15) is 12.8 Å². The predicted octanol–water partition coefficient (Wildman–Crippen LogP) is 3.32. The molecule has 0 N–H and O–H groups in total. The Bertz CT molecular complexity index is 399. The van der Waals surface area contributed by atoms with Crippen molar-refractivity contribution in [3.05, 3.63) is 24.0 Å². The Kier molecular flexibility index (Phi) is 3.13. The summed E-state index contributed by atoms with van der Waals surface area (Å²) in [5.41, 5.74) is 0.432. The lowest BCUT2D eigenvalue weighted by atomic mass is 10.2. The smallest absolute Gasteiger partial charge is 0.406 e. The van der Waals surface area contributed by atoms with E-state index in [0.29, 0.717) is 5.69 Å². The monoisotopic (exact) mass is 249 g/mol. The summed E-state index contributed by atoms with van der Waals surface area (Å²) in [5, 5.41) is 0. The van der Waals surface area contributed by atoms with Crippen LogP contribution in [-0.2, 0) is 0 Å². The maximum atomic E-state index is 13.2. The van der Waals surface area contributed by atoms with Crippen LogP contribution in [0.3, 0.4) is 0 Å². The molecular weight excluding hydrogens is 238 g/mol. The molecule has 0 aliphatic carbocycles. The number of halogens is 4. The first kappa shape index (κ1) is 12.0. The number of anilines is 1. The normalized spacial score (nSPS) is 16.4. The highest BCUT2D eigenvalue weighted by Crippen LogP contribution is 2.29. The molecule has 1 fully saturated rings. The third kappa shape index (κ3) is 3.25. The maximum Gasteiger partial charge on any atom is 0.573 e. The number of benzene rings is 1. The molecule has 1 aliphatic heterocycles. The van der Waals surface area contributed by atoms with Crippen molar-refractivity contribution in [3.63, 3.8) is 0 Å². The lowest BCUT2D eigenvalue weighted by Gasteiger charge is -2.19. The first-order valence-electron chi connectivity index (χ1n) is 5.25. The van der Waals surface area contributed by atoms with E-state index in [1.54, 1.807) is 0 Å². The summed E-state index contributed by atoms with van der Waals surface area (Å²) in [6.45, 7) is 1.46. The van der Waals surface area contributed by atoms with Crippen molar-refractivity contribution < 1.29 is 22.3 Å². The van der Waals surface area contributed by atoms with Gasteiger partial charge in [0.15, 0.2) is 0 Å². The van der Waals surface area contributed by atoms with E-state index in [1.165, 1.54) is 12.1 Å². The minimum absolute atomic E-state index is 0.432. The summed E-state index contributed by atoms with van der Waals surface area (Å²) < 4.78 is 53.0. The molecule has 0 bridgehead atoms. The Morgan fingerprint density at radius 3 is 2.29 bits per heavy atom. The van der Waals surface area contributed by atoms with Crippen LogP contribution in [0.2, 0.25) is 0 Å². The fourth-order valence-corrected chi connectivity index (χ4v) is 1.90. The molecule has 1 aromatic carbocycles. The van der Waals surface area contributed by atoms with Crippen LogP contribution in [-0.4, -0.2) is 19.5 Å². The number of hydrogen-bond donors (Lipinski definition) is 0. The third-order valence-corrected chi connectivity index (χ3v) is 2.56. The number of alkyl halides is 3. The van der Waals surface area contributed by atoms with Gasteiger partial charge in [0.1, 0.15) is 11.6 Å². The summed E-state index contributed by atoms with van der Waals surface area (Å²) in [6.07, 6.45) is -2.87. The van der Waals surface area contributed by atoms with Gasteiger partial charge in [0.25, 0.3) is 0 Å². The zero-order valence-electron chi connectivity index (χ0n) is 8.93. The topological polar surface area (TPSA) is 12.5 Å². The van der Waals surface area contributed by atoms with Gasteiger partial charge in [-0.1, -0.05) is 0 Å². The summed E-state index contributed by atoms with van der Waals surface area (Å²) in [6, 6.07) is 3.16. The molecule has 2 rings (SSSR count). The largest absolute Gasteiger partial charge is 0.573 e. The van der Waals surface area contributed by atoms with Gasteiger partial charge in [0, 0.05) is 30.9 Å². The average molecular weight is 249 g/mol. The van der Waals surface area contributed by atoms with Crippen LogP contribution in [0, 0.1) is 5.82 Å². The molecule has 2 nitrogen and oxygen atoms in total. The van der Waals surface area contributed by atoms with Crippen LogP contribution < -0.4 is 9.64 Å². The van der Waals surface area contributed by atoms with Gasteiger partial charge in [-0.25, -0.2) is 4.39 Å². The molecule has 17 heavy (non-hydrogen) atoms. The van der Waals surface area contributed by atoms with E-state index in [4.69, 9.17) is 0 Å². The number of nitrogens with zero attached hydrogens (tertiary/aromatic N) is 1. The SMILES string of the molecule is Fc1cc(OC(F)(F)F)cc(N2CCCC2)c1. The van der Waals surface area contributed by atoms with Crippen molar-refractivity contribution in [1.82, 2.24) is 0 Å². The second-order valence-corrected chi connectivity index (χ2v) is 3.89. The summed E-state index contributed by atoms with van der Waals surface area (Å²) in [5.74, 6) is -1.24. The van der Waals surface area contributed by atoms with Crippen molar-refractivity contribution in [3.8, 4) is 5.75 Å². The van der Waals surface area contributed by atoms with Crippen molar-refractivity contribution in [1.29, 1.82) is 0 Å². The average Bonchev–Trinajstić information content (AvgIpc) is 2.65. The van der Waals surface area contributed by atoms with Crippen molar-refractivity contribution in [2.24, 2.45) is 0 Å². The Hall–Kier alpha value is -1.46. The van der Waals surface area contributed by atoms with Crippen LogP contribution in [0.5, 0.6) is 5.75 Å². The highest BCUT2D eigenvalue weighted by molar-refractivity contribution is 5.51. The van der Waals surface area contributed by atoms with Crippen LogP contribution >= 0.6 is 0 Å². The molecular formula is C11H11F4NO. The second kappa shape index (κ2) is 4.43. The van der Waals surface area contributed by atoms with Crippen molar-refractivity contribution in [2.75, 3.05) is 18.0 Å². The molecule has 0 spiro atoms. The third-order valence-electron chi connectivity index (χ3n) is 2.56. The summed E-state index contributed by atoms with van der Waals surface area (Å²) >= 11 is 0. The van der Waals surface area contributed by atoms with Crippen LogP contribution in [0.25, 0.3) is 0 Å². The zero-order valence-corrected chi connectivity index (χ0v) is 8.93. The van der Waals surface area contributed by atoms with Gasteiger partial charge in [-0.2, -0.15) is 0 Å². The minimum atomic E-state index is -4.80. The van der Waals surface area contributed by atoms with Gasteiger partial charge in [-0.15, -0.1) is 13.2 Å². The molecule has 1 aromatic rings. The number of rotatable bonds is 2. The van der Waals surface area contributed by atoms with Crippen molar-refractivity contribution >= 4 is 5.69 Å². The van der Waals surface area contributed by atoms with E-state index >= 15 is 0 Å². The van der Waals surface area contributed by atoms with E-state index in [0.717, 1.165) is 32.0 Å². The number of ether oxygens (including phenoxy) is 1. The zero-order chi connectivity index (χ0) is 12.5. The van der Waals surface area contributed by atoms with Gasteiger partial charge >= 0.3 is 6.36 Å². The van der Waals surface area contributed by atoms with Gasteiger partial charge in [-0.3, -0.25) is 0 Å². The molecule has 6 heteroatoms. The van der Waals surface area contributed by atoms with E-state index in [2.05, 4.69) is 4.74 Å². The molecule has 0 unspecified atom stereocenters. The Morgan fingerprint density at radius 1 is 1.06 bits per heavy atom. The first-order chi connectivity index (χ1) is 7.94. The Balaban J connectivity index is 2.22. The summed E-state index contributed by atoms with van der Waals surface area (Å²) in [7, 11) is 0. The van der Waals surface area contributed by atoms with Gasteiger partial charge in [0.2, 0.25) is 0 Å². The van der Waals surface area contributed by atoms with E-state index in [-0.39, 0.29) is 0 Å². The van der Waals surface area contributed by atoms with E-state index in [1.807, 2.05) is 4.90 Å². The lowest BCUT2D eigenvalue weighted by Crippen LogP contribution is -2.20. The maximum absolute atomic E-state index is 13.2. The molecule has 1 heterocycles. The summed E-state index contributed by atoms with van der Waals surface area (Å²) in [4.78, 5) is 1.84. The molecule has 0 aromatic heterocycles. The van der Waals surface area contributed by atoms with Gasteiger partial charge < -0.3 is 9.64 Å². The van der Waals surface area contributed by atoms with Crippen molar-refractivity contribution in [2.45, 2.75) is 19.2 Å². The van der Waals surface area contributed by atoms with Crippen LogP contribution in [0.4, 0.5) is 23.2 Å². The lowest BCUT2D eigenvalue weighted by molar-refractivity contribution is -0.274. The minimum Gasteiger partial charge on any atom is -0.406 e. The molecule has 94 valence electrons. The van der Waals surface area contributed by atoms with Gasteiger partial charge in [-0.05, 0) is 18.9 Å². The first-order valence-corrected chi connectivity index (χ1v) is 5.25. The van der Waals surface area contributed by atoms with E-state index in [9.17, 15) is 17.6 Å². The molecule has 0 saturated carbocycles. The quantitative estimate of drug-likeness (QED) is 0.745. The van der Waals surface area contributed by atoms with Crippen LogP contribution in [0.15, 0.2) is 18.2 Å².